The SMILES string of the molecule is Cc1[c]([Al])ccc2ccc3nc4n(c3c12)-c1c(cc[c-][n+]1C)C4. The van der Waals surface area contributed by atoms with Crippen molar-refractivity contribution in [2.75, 3.05) is 0 Å². The quantitative estimate of drug-likeness (QED) is 0.243. The lowest BCUT2D eigenvalue weighted by molar-refractivity contribution is -0.669. The van der Waals surface area contributed by atoms with Crippen molar-refractivity contribution in [2.24, 2.45) is 7.05 Å². The van der Waals surface area contributed by atoms with Gasteiger partial charge in [-0.15, -0.1) is 10.5 Å². The summed E-state index contributed by atoms with van der Waals surface area (Å²) < 4.78 is 5.63. The summed E-state index contributed by atoms with van der Waals surface area (Å²) in [6.07, 6.45) is 4.15. The Morgan fingerprint density at radius 3 is 2.91 bits per heavy atom. The van der Waals surface area contributed by atoms with Gasteiger partial charge < -0.3 is 4.57 Å². The van der Waals surface area contributed by atoms with E-state index in [0.717, 1.165) is 17.8 Å². The van der Waals surface area contributed by atoms with Gasteiger partial charge in [-0.1, -0.05) is 29.3 Å². The number of fused-ring (bicyclic) bond motifs is 7. The van der Waals surface area contributed by atoms with E-state index in [1.807, 2.05) is 6.07 Å². The molecule has 1 aliphatic rings. The molecule has 2 radical (unpaired) electrons. The second kappa shape index (κ2) is 4.44. The van der Waals surface area contributed by atoms with Crippen LogP contribution in [0.3, 0.4) is 0 Å². The molecule has 1 aliphatic heterocycles. The van der Waals surface area contributed by atoms with Crippen LogP contribution in [0.1, 0.15) is 17.0 Å². The van der Waals surface area contributed by atoms with Crippen LogP contribution in [0.25, 0.3) is 27.6 Å². The van der Waals surface area contributed by atoms with Gasteiger partial charge in [0.25, 0.3) is 0 Å². The van der Waals surface area contributed by atoms with Gasteiger partial charge in [-0.2, -0.15) is 6.07 Å². The first kappa shape index (κ1) is 13.3. The normalized spacial score (nSPS) is 12.8. The average molecular weight is 311 g/mol. The fourth-order valence-electron chi connectivity index (χ4n) is 3.76. The molecule has 3 heterocycles. The summed E-state index contributed by atoms with van der Waals surface area (Å²) in [5, 5.41) is 2.56. The summed E-state index contributed by atoms with van der Waals surface area (Å²) in [4.78, 5) is 4.90. The highest BCUT2D eigenvalue weighted by Crippen LogP contribution is 2.34. The van der Waals surface area contributed by atoms with Crippen LogP contribution in [0.4, 0.5) is 0 Å². The molecular formula is C19H14AlN3. The lowest BCUT2D eigenvalue weighted by atomic mass is 10.0. The number of pyridine rings is 1. The van der Waals surface area contributed by atoms with E-state index in [-0.39, 0.29) is 0 Å². The van der Waals surface area contributed by atoms with Crippen molar-refractivity contribution < 1.29 is 4.57 Å². The minimum atomic E-state index is 0.883. The van der Waals surface area contributed by atoms with Crippen molar-refractivity contribution in [3.05, 3.63) is 59.5 Å². The summed E-state index contributed by atoms with van der Waals surface area (Å²) in [6.45, 7) is 2.19. The van der Waals surface area contributed by atoms with Crippen molar-refractivity contribution >= 4 is 42.5 Å². The molecule has 5 rings (SSSR count). The second-order valence-corrected chi connectivity index (χ2v) is 6.84. The van der Waals surface area contributed by atoms with E-state index in [0.29, 0.717) is 0 Å². The monoisotopic (exact) mass is 311 g/mol. The van der Waals surface area contributed by atoms with Crippen molar-refractivity contribution in [1.82, 2.24) is 9.55 Å². The van der Waals surface area contributed by atoms with Gasteiger partial charge in [-0.05, 0) is 18.4 Å². The van der Waals surface area contributed by atoms with E-state index in [9.17, 15) is 0 Å². The Kier molecular flexibility index (Phi) is 2.57. The topological polar surface area (TPSA) is 21.7 Å². The van der Waals surface area contributed by atoms with Gasteiger partial charge in [0.05, 0.1) is 7.05 Å². The van der Waals surface area contributed by atoms with Crippen LogP contribution in [-0.2, 0) is 13.5 Å². The Hall–Kier alpha value is -2.15. The van der Waals surface area contributed by atoms with Crippen LogP contribution in [0.5, 0.6) is 0 Å². The fourth-order valence-corrected chi connectivity index (χ4v) is 4.00. The molecule has 0 spiro atoms. The Balaban J connectivity index is 2.04. The molecule has 0 saturated heterocycles. The van der Waals surface area contributed by atoms with Crippen LogP contribution >= 0.6 is 0 Å². The van der Waals surface area contributed by atoms with Crippen LogP contribution in [-0.4, -0.2) is 25.8 Å². The number of aryl methyl sites for hydroxylation is 2. The first-order valence-corrected chi connectivity index (χ1v) is 8.32. The molecule has 23 heavy (non-hydrogen) atoms. The molecule has 4 aromatic rings. The summed E-state index contributed by atoms with van der Waals surface area (Å²) >= 11 is 2.84. The summed E-state index contributed by atoms with van der Waals surface area (Å²) in [7, 11) is 2.05. The molecule has 0 atom stereocenters. The molecule has 3 nitrogen and oxygen atoms in total. The molecule has 0 fully saturated rings. The van der Waals surface area contributed by atoms with E-state index < -0.39 is 0 Å². The molecule has 0 unspecified atom stereocenters. The lowest BCUT2D eigenvalue weighted by Crippen LogP contribution is -2.33. The maximum absolute atomic E-state index is 4.90. The van der Waals surface area contributed by atoms with Gasteiger partial charge in [0, 0.05) is 18.0 Å². The van der Waals surface area contributed by atoms with E-state index in [4.69, 9.17) is 4.98 Å². The zero-order valence-electron chi connectivity index (χ0n) is 13.1. The number of nitrogens with zero attached hydrogens (tertiary/aromatic N) is 3. The first-order valence-electron chi connectivity index (χ1n) is 7.74. The highest BCUT2D eigenvalue weighted by atomic mass is 27.0. The molecule has 0 bridgehead atoms. The zero-order chi connectivity index (χ0) is 15.7. The molecule has 0 N–H and O–H groups in total. The highest BCUT2D eigenvalue weighted by molar-refractivity contribution is 6.35. The first-order chi connectivity index (χ1) is 11.1. The molecule has 0 amide bonds. The number of aromatic nitrogens is 3. The van der Waals surface area contributed by atoms with Crippen molar-refractivity contribution in [2.45, 2.75) is 13.3 Å². The molecule has 0 aliphatic carbocycles. The average Bonchev–Trinajstić information content (AvgIpc) is 3.06. The lowest BCUT2D eigenvalue weighted by Gasteiger charge is -2.11. The highest BCUT2D eigenvalue weighted by Gasteiger charge is 2.28. The van der Waals surface area contributed by atoms with E-state index in [1.54, 1.807) is 0 Å². The number of benzene rings is 2. The smallest absolute Gasteiger partial charge is 0.193 e. The maximum atomic E-state index is 4.90. The third-order valence-electron chi connectivity index (χ3n) is 4.89. The number of imidazole rings is 1. The molecule has 2 aromatic heterocycles. The molecular weight excluding hydrogens is 297 g/mol. The van der Waals surface area contributed by atoms with Gasteiger partial charge in [-0.3, -0.25) is 0 Å². The second-order valence-electron chi connectivity index (χ2n) is 6.22. The number of rotatable bonds is 0. The van der Waals surface area contributed by atoms with Gasteiger partial charge >= 0.3 is 0 Å². The summed E-state index contributed by atoms with van der Waals surface area (Å²) in [5.74, 6) is 2.30. The molecule has 2 aromatic carbocycles. The van der Waals surface area contributed by atoms with Crippen LogP contribution in [0.2, 0.25) is 0 Å². The van der Waals surface area contributed by atoms with E-state index in [2.05, 4.69) is 75.9 Å². The molecule has 108 valence electrons. The van der Waals surface area contributed by atoms with Crippen molar-refractivity contribution in [3.8, 4) is 5.82 Å². The summed E-state index contributed by atoms with van der Waals surface area (Å²) in [5.41, 5.74) is 4.90. The Morgan fingerprint density at radius 1 is 1.22 bits per heavy atom. The van der Waals surface area contributed by atoms with Crippen molar-refractivity contribution in [3.63, 3.8) is 0 Å². The van der Waals surface area contributed by atoms with Gasteiger partial charge in [-0.25, -0.2) is 9.55 Å². The van der Waals surface area contributed by atoms with E-state index >= 15 is 0 Å². The Bertz CT molecular complexity index is 1120. The Morgan fingerprint density at radius 2 is 2.04 bits per heavy atom. The largest absolute Gasteiger partial charge is 0.343 e. The predicted octanol–water partition coefficient (Wildman–Crippen LogP) is 1.81. The molecule has 4 heteroatoms. The zero-order valence-corrected chi connectivity index (χ0v) is 14.2. The molecule has 0 saturated carbocycles. The minimum absolute atomic E-state index is 0.883. The van der Waals surface area contributed by atoms with Gasteiger partial charge in [0.2, 0.25) is 0 Å². The predicted molar refractivity (Wildman–Crippen MR) is 91.5 cm³/mol. The number of hydrogen-bond donors (Lipinski definition) is 0. The van der Waals surface area contributed by atoms with Crippen molar-refractivity contribution in [1.29, 1.82) is 0 Å². The van der Waals surface area contributed by atoms with Crippen LogP contribution in [0.15, 0.2) is 36.4 Å². The van der Waals surface area contributed by atoms with Crippen LogP contribution in [0, 0.1) is 13.1 Å². The standard InChI is InChI=1S/C19H14N3.Al/c1-12-5-3-6-13-8-9-15-18(17(12)13)22-16(20-15)11-14-7-4-10-21(2)19(14)22;/h3-4,6-9H,11H2,1-2H3;. The third-order valence-corrected chi connectivity index (χ3v) is 5.51. The fraction of sp³-hybridized carbons (Fsp3) is 0.158. The number of hydrogen-bond acceptors (Lipinski definition) is 1. The maximum Gasteiger partial charge on any atom is 0.193 e. The van der Waals surface area contributed by atoms with Gasteiger partial charge in [0.1, 0.15) is 5.52 Å². The van der Waals surface area contributed by atoms with E-state index in [1.165, 1.54) is 37.7 Å². The minimum Gasteiger partial charge on any atom is -0.343 e. The van der Waals surface area contributed by atoms with Gasteiger partial charge in [0.15, 0.2) is 33.4 Å². The third kappa shape index (κ3) is 1.65. The Labute approximate surface area is 142 Å². The van der Waals surface area contributed by atoms with Crippen LogP contribution < -0.4 is 8.99 Å². The summed E-state index contributed by atoms with van der Waals surface area (Å²) in [6, 6.07) is 12.8.